The number of carbonyl (C=O) groups is 3. The lowest BCUT2D eigenvalue weighted by Gasteiger charge is -2.65. The Balaban J connectivity index is 1.20. The van der Waals surface area contributed by atoms with E-state index in [4.69, 9.17) is 0 Å². The molecule has 1 heterocycles. The molecule has 4 amide bonds. The van der Waals surface area contributed by atoms with Crippen molar-refractivity contribution in [3.8, 4) is 0 Å². The lowest BCUT2D eigenvalue weighted by atomic mass is 9.43. The summed E-state index contributed by atoms with van der Waals surface area (Å²) in [6.45, 7) is 5.91. The Morgan fingerprint density at radius 2 is 1.65 bits per heavy atom. The zero-order chi connectivity index (χ0) is 24.1. The minimum Gasteiger partial charge on any atom is -0.359 e. The molecule has 0 aromatic heterocycles. The highest BCUT2D eigenvalue weighted by atomic mass is 16.2. The van der Waals surface area contributed by atoms with Gasteiger partial charge in [-0.1, -0.05) is 13.8 Å². The van der Waals surface area contributed by atoms with Gasteiger partial charge in [-0.2, -0.15) is 0 Å². The molecule has 4 saturated carbocycles. The van der Waals surface area contributed by atoms with Crippen LogP contribution in [0.5, 0.6) is 0 Å². The number of nitrogens with one attached hydrogen (secondary N) is 3. The van der Waals surface area contributed by atoms with Gasteiger partial charge in [-0.05, 0) is 92.4 Å². The van der Waals surface area contributed by atoms with Crippen molar-refractivity contribution in [2.75, 3.05) is 25.5 Å². The number of anilines is 1. The lowest BCUT2D eigenvalue weighted by Crippen LogP contribution is -2.65. The minimum atomic E-state index is -0.155. The normalized spacial score (nSPS) is 36.1. The summed E-state index contributed by atoms with van der Waals surface area (Å²) in [6.07, 6.45) is 8.73. The molecule has 0 radical (unpaired) electrons. The summed E-state index contributed by atoms with van der Waals surface area (Å²) in [5.41, 5.74) is 1.84. The van der Waals surface area contributed by atoms with Crippen LogP contribution in [0.1, 0.15) is 75.6 Å². The SMILES string of the molecule is CNC(=O)C1CCCN(C(=O)c2ccc(NC(=O)NC34CC5C[C@@](C)(C3)C[C@](C)(C5)C4)cc2)C1. The molecule has 1 aliphatic heterocycles. The number of rotatable bonds is 4. The first-order chi connectivity index (χ1) is 16.1. The largest absolute Gasteiger partial charge is 0.359 e. The Bertz CT molecular complexity index is 972. The molecule has 5 atom stereocenters. The van der Waals surface area contributed by atoms with Crippen LogP contribution < -0.4 is 16.0 Å². The Morgan fingerprint density at radius 3 is 2.26 bits per heavy atom. The van der Waals surface area contributed by atoms with Crippen molar-refractivity contribution in [3.63, 3.8) is 0 Å². The summed E-state index contributed by atoms with van der Waals surface area (Å²) < 4.78 is 0. The maximum Gasteiger partial charge on any atom is 0.319 e. The minimum absolute atomic E-state index is 0.00919. The van der Waals surface area contributed by atoms with E-state index in [-0.39, 0.29) is 29.3 Å². The predicted molar refractivity (Wildman–Crippen MR) is 131 cm³/mol. The molecule has 5 aliphatic rings. The van der Waals surface area contributed by atoms with E-state index in [1.54, 1.807) is 36.2 Å². The van der Waals surface area contributed by atoms with Crippen molar-refractivity contribution in [1.82, 2.24) is 15.5 Å². The molecule has 7 heteroatoms. The third-order valence-electron chi connectivity index (χ3n) is 8.72. The molecule has 1 aromatic carbocycles. The van der Waals surface area contributed by atoms with Crippen LogP contribution in [-0.2, 0) is 4.79 Å². The van der Waals surface area contributed by atoms with Gasteiger partial charge < -0.3 is 20.9 Å². The smallest absolute Gasteiger partial charge is 0.319 e. The molecule has 5 fully saturated rings. The molecular formula is C27H38N4O3. The molecule has 0 spiro atoms. The number of piperidine rings is 1. The first-order valence-electron chi connectivity index (χ1n) is 12.8. The van der Waals surface area contributed by atoms with E-state index in [1.165, 1.54) is 19.3 Å². The maximum atomic E-state index is 13.0. The van der Waals surface area contributed by atoms with E-state index < -0.39 is 0 Å². The standard InChI is InChI=1S/C27H38N4O3/c1-25-11-18-12-26(2,15-25)17-27(13-18,16-25)30-24(34)29-21-8-6-19(7-9-21)23(33)31-10-4-5-20(14-31)22(32)28-3/h6-9,18,20H,4-5,10-17H2,1-3H3,(H,28,32)(H2,29,30,34)/t18?,20?,25-,26+,27?. The third-order valence-corrected chi connectivity index (χ3v) is 8.72. The summed E-state index contributed by atoms with van der Waals surface area (Å²) in [5, 5.41) is 9.05. The topological polar surface area (TPSA) is 90.5 Å². The highest BCUT2D eigenvalue weighted by Crippen LogP contribution is 2.66. The maximum absolute atomic E-state index is 13.0. The zero-order valence-corrected chi connectivity index (χ0v) is 20.7. The second-order valence-corrected chi connectivity index (χ2v) is 12.3. The van der Waals surface area contributed by atoms with Gasteiger partial charge in [-0.15, -0.1) is 0 Å². The van der Waals surface area contributed by atoms with Crippen molar-refractivity contribution in [2.24, 2.45) is 22.7 Å². The summed E-state index contributed by atoms with van der Waals surface area (Å²) in [6, 6.07) is 6.94. The van der Waals surface area contributed by atoms with E-state index in [0.717, 1.165) is 38.0 Å². The molecule has 6 rings (SSSR count). The molecule has 4 bridgehead atoms. The fourth-order valence-electron chi connectivity index (χ4n) is 8.45. The van der Waals surface area contributed by atoms with Crippen LogP contribution in [-0.4, -0.2) is 48.4 Å². The van der Waals surface area contributed by atoms with Gasteiger partial charge in [0, 0.05) is 36.9 Å². The fourth-order valence-corrected chi connectivity index (χ4v) is 8.45. The van der Waals surface area contributed by atoms with Gasteiger partial charge in [-0.25, -0.2) is 4.79 Å². The van der Waals surface area contributed by atoms with Crippen LogP contribution in [0.25, 0.3) is 0 Å². The zero-order valence-electron chi connectivity index (χ0n) is 20.7. The number of urea groups is 1. The number of benzene rings is 1. The van der Waals surface area contributed by atoms with Gasteiger partial charge in [0.05, 0.1) is 5.92 Å². The Morgan fingerprint density at radius 1 is 0.971 bits per heavy atom. The second-order valence-electron chi connectivity index (χ2n) is 12.3. The van der Waals surface area contributed by atoms with E-state index >= 15 is 0 Å². The van der Waals surface area contributed by atoms with Gasteiger partial charge >= 0.3 is 6.03 Å². The molecule has 184 valence electrons. The molecule has 3 unspecified atom stereocenters. The van der Waals surface area contributed by atoms with Gasteiger partial charge in [0.25, 0.3) is 5.91 Å². The molecule has 4 aliphatic carbocycles. The average Bonchev–Trinajstić information content (AvgIpc) is 2.75. The molecule has 1 saturated heterocycles. The van der Waals surface area contributed by atoms with Crippen molar-refractivity contribution in [2.45, 2.75) is 70.8 Å². The lowest BCUT2D eigenvalue weighted by molar-refractivity contribution is -0.125. The monoisotopic (exact) mass is 466 g/mol. The van der Waals surface area contributed by atoms with Crippen LogP contribution in [0.15, 0.2) is 24.3 Å². The van der Waals surface area contributed by atoms with Gasteiger partial charge in [-0.3, -0.25) is 9.59 Å². The van der Waals surface area contributed by atoms with Crippen LogP contribution >= 0.6 is 0 Å². The summed E-state index contributed by atoms with van der Waals surface area (Å²) >= 11 is 0. The summed E-state index contributed by atoms with van der Waals surface area (Å²) in [4.78, 5) is 39.7. The van der Waals surface area contributed by atoms with Crippen molar-refractivity contribution < 1.29 is 14.4 Å². The van der Waals surface area contributed by atoms with Crippen molar-refractivity contribution >= 4 is 23.5 Å². The first-order valence-corrected chi connectivity index (χ1v) is 12.8. The quantitative estimate of drug-likeness (QED) is 0.622. The second kappa shape index (κ2) is 8.28. The third kappa shape index (κ3) is 4.41. The average molecular weight is 467 g/mol. The van der Waals surface area contributed by atoms with Crippen LogP contribution in [0.2, 0.25) is 0 Å². The van der Waals surface area contributed by atoms with Gasteiger partial charge in [0.1, 0.15) is 0 Å². The molecule has 3 N–H and O–H groups in total. The van der Waals surface area contributed by atoms with E-state index in [1.807, 2.05) is 0 Å². The Kier molecular flexibility index (Phi) is 5.64. The fraction of sp³-hybridized carbons (Fsp3) is 0.667. The molecule has 7 nitrogen and oxygen atoms in total. The molecular weight excluding hydrogens is 428 g/mol. The van der Waals surface area contributed by atoms with Gasteiger partial charge in [0.15, 0.2) is 0 Å². The molecule has 34 heavy (non-hydrogen) atoms. The number of amides is 4. The van der Waals surface area contributed by atoms with E-state index in [2.05, 4.69) is 29.8 Å². The van der Waals surface area contributed by atoms with Crippen LogP contribution in [0, 0.1) is 22.7 Å². The van der Waals surface area contributed by atoms with E-state index in [0.29, 0.717) is 35.2 Å². The first kappa shape index (κ1) is 23.2. The van der Waals surface area contributed by atoms with Crippen molar-refractivity contribution in [3.05, 3.63) is 29.8 Å². The van der Waals surface area contributed by atoms with Crippen LogP contribution in [0.4, 0.5) is 10.5 Å². The predicted octanol–water partition coefficient (Wildman–Crippen LogP) is 4.16. The Labute approximate surface area is 202 Å². The molecule has 1 aromatic rings. The number of hydrogen-bond acceptors (Lipinski definition) is 3. The summed E-state index contributed by atoms with van der Waals surface area (Å²) in [7, 11) is 1.63. The number of likely N-dealkylation sites (tertiary alicyclic amines) is 1. The van der Waals surface area contributed by atoms with Crippen LogP contribution in [0.3, 0.4) is 0 Å². The van der Waals surface area contributed by atoms with Gasteiger partial charge in [0.2, 0.25) is 5.91 Å². The number of nitrogens with zero attached hydrogens (tertiary/aromatic N) is 1. The summed E-state index contributed by atoms with van der Waals surface area (Å²) in [5.74, 6) is 0.487. The number of carbonyl (C=O) groups excluding carboxylic acids is 3. The van der Waals surface area contributed by atoms with E-state index in [9.17, 15) is 14.4 Å². The van der Waals surface area contributed by atoms with Crippen molar-refractivity contribution in [1.29, 1.82) is 0 Å². The Hall–Kier alpha value is -2.57. The number of hydrogen-bond donors (Lipinski definition) is 3. The highest BCUT2D eigenvalue weighted by molar-refractivity contribution is 5.96. The highest BCUT2D eigenvalue weighted by Gasteiger charge is 2.60.